The van der Waals surface area contributed by atoms with Gasteiger partial charge in [-0.25, -0.2) is 0 Å². The van der Waals surface area contributed by atoms with Crippen LogP contribution in [0.5, 0.6) is 5.75 Å². The SMILES string of the molecule is COc1ccccc1N1CCN(C[C@@H]2C(=O)O[C@@H]3CC4=CCC[C@@H](C)[C@@]4(C)[C@@H](O)[C@@H]23)CC1. The number of para-hydroxylation sites is 2. The van der Waals surface area contributed by atoms with Crippen molar-refractivity contribution >= 4 is 11.7 Å². The Morgan fingerprint density at radius 3 is 2.72 bits per heavy atom. The molecule has 0 unspecified atom stereocenters. The Bertz CT molecular complexity index is 894. The first-order chi connectivity index (χ1) is 15.4. The van der Waals surface area contributed by atoms with Crippen LogP contribution in [0.2, 0.25) is 0 Å². The molecule has 0 aromatic heterocycles. The highest BCUT2D eigenvalue weighted by Crippen LogP contribution is 2.56. The number of fused-ring (bicyclic) bond motifs is 2. The molecule has 3 fully saturated rings. The van der Waals surface area contributed by atoms with Gasteiger partial charge < -0.3 is 19.5 Å². The van der Waals surface area contributed by atoms with E-state index in [0.717, 1.165) is 56.9 Å². The molecule has 1 aromatic rings. The van der Waals surface area contributed by atoms with Gasteiger partial charge in [-0.15, -0.1) is 0 Å². The highest BCUT2D eigenvalue weighted by Gasteiger charge is 2.59. The van der Waals surface area contributed by atoms with Crippen molar-refractivity contribution in [3.05, 3.63) is 35.9 Å². The fourth-order valence-electron chi connectivity index (χ4n) is 6.61. The molecule has 0 spiro atoms. The summed E-state index contributed by atoms with van der Waals surface area (Å²) in [6, 6.07) is 8.13. The molecule has 0 bridgehead atoms. The molecule has 4 aliphatic rings. The normalized spacial score (nSPS) is 37.4. The Morgan fingerprint density at radius 1 is 1.22 bits per heavy atom. The molecule has 2 heterocycles. The van der Waals surface area contributed by atoms with Crippen LogP contribution in [0.1, 0.15) is 33.1 Å². The van der Waals surface area contributed by atoms with E-state index in [1.807, 2.05) is 18.2 Å². The summed E-state index contributed by atoms with van der Waals surface area (Å²) in [5, 5.41) is 11.6. The molecule has 2 saturated heterocycles. The number of hydrogen-bond donors (Lipinski definition) is 1. The van der Waals surface area contributed by atoms with E-state index >= 15 is 0 Å². The average Bonchev–Trinajstić information content (AvgIpc) is 3.11. The summed E-state index contributed by atoms with van der Waals surface area (Å²) in [5.41, 5.74) is 2.17. The van der Waals surface area contributed by atoms with Crippen LogP contribution in [0.25, 0.3) is 0 Å². The maximum absolute atomic E-state index is 12.9. The number of aliphatic hydroxyl groups excluding tert-OH is 1. The number of aliphatic hydroxyl groups is 1. The van der Waals surface area contributed by atoms with E-state index in [9.17, 15) is 9.90 Å². The first-order valence-corrected chi connectivity index (χ1v) is 12.1. The van der Waals surface area contributed by atoms with Gasteiger partial charge >= 0.3 is 5.97 Å². The van der Waals surface area contributed by atoms with Crippen molar-refractivity contribution < 1.29 is 19.4 Å². The summed E-state index contributed by atoms with van der Waals surface area (Å²) in [6.07, 6.45) is 4.52. The Kier molecular flexibility index (Phi) is 5.70. The molecule has 1 N–H and O–H groups in total. The number of nitrogens with zero attached hydrogens (tertiary/aromatic N) is 2. The van der Waals surface area contributed by atoms with Gasteiger partial charge in [-0.1, -0.05) is 37.6 Å². The lowest BCUT2D eigenvalue weighted by Crippen LogP contribution is -2.55. The lowest BCUT2D eigenvalue weighted by molar-refractivity contribution is -0.145. The molecule has 6 heteroatoms. The summed E-state index contributed by atoms with van der Waals surface area (Å²) < 4.78 is 11.4. The maximum Gasteiger partial charge on any atom is 0.311 e. The lowest BCUT2D eigenvalue weighted by atomic mass is 9.55. The molecular weight excluding hydrogens is 404 g/mol. The van der Waals surface area contributed by atoms with E-state index in [-0.39, 0.29) is 29.3 Å². The van der Waals surface area contributed by atoms with Crippen molar-refractivity contribution in [2.75, 3.05) is 44.7 Å². The summed E-state index contributed by atoms with van der Waals surface area (Å²) in [5.74, 6) is 0.825. The second-order valence-electron chi connectivity index (χ2n) is 10.3. The topological polar surface area (TPSA) is 62.2 Å². The van der Waals surface area contributed by atoms with Crippen LogP contribution in [0.15, 0.2) is 35.9 Å². The predicted molar refractivity (Wildman–Crippen MR) is 124 cm³/mol. The third kappa shape index (κ3) is 3.43. The molecule has 0 amide bonds. The first-order valence-electron chi connectivity index (χ1n) is 12.1. The molecule has 1 aromatic carbocycles. The molecule has 174 valence electrons. The van der Waals surface area contributed by atoms with E-state index in [2.05, 4.69) is 35.8 Å². The number of benzene rings is 1. The molecule has 2 aliphatic heterocycles. The van der Waals surface area contributed by atoms with Gasteiger partial charge in [0.2, 0.25) is 0 Å². The van der Waals surface area contributed by atoms with Crippen LogP contribution in [0.3, 0.4) is 0 Å². The van der Waals surface area contributed by atoms with Crippen molar-refractivity contribution in [3.63, 3.8) is 0 Å². The van der Waals surface area contributed by atoms with E-state index in [4.69, 9.17) is 9.47 Å². The van der Waals surface area contributed by atoms with Crippen molar-refractivity contribution in [1.82, 2.24) is 4.90 Å². The second-order valence-corrected chi connectivity index (χ2v) is 10.3. The molecule has 0 radical (unpaired) electrons. The third-order valence-corrected chi connectivity index (χ3v) is 8.82. The summed E-state index contributed by atoms with van der Waals surface area (Å²) in [7, 11) is 1.71. The molecule has 1 saturated carbocycles. The second kappa shape index (κ2) is 8.38. The average molecular weight is 441 g/mol. The number of methoxy groups -OCH3 is 1. The first kappa shape index (κ1) is 21.8. The van der Waals surface area contributed by atoms with Crippen LogP contribution >= 0.6 is 0 Å². The predicted octanol–water partition coefficient (Wildman–Crippen LogP) is 3.10. The zero-order valence-electron chi connectivity index (χ0n) is 19.5. The molecule has 32 heavy (non-hydrogen) atoms. The van der Waals surface area contributed by atoms with Gasteiger partial charge in [0, 0.05) is 50.5 Å². The van der Waals surface area contributed by atoms with Crippen LogP contribution in [-0.2, 0) is 9.53 Å². The maximum atomic E-state index is 12.9. The van der Waals surface area contributed by atoms with Crippen molar-refractivity contribution in [3.8, 4) is 5.75 Å². The fraction of sp³-hybridized carbons (Fsp3) is 0.654. The zero-order valence-corrected chi connectivity index (χ0v) is 19.5. The number of rotatable bonds is 4. The van der Waals surface area contributed by atoms with Crippen LogP contribution in [0, 0.1) is 23.2 Å². The lowest BCUT2D eigenvalue weighted by Gasteiger charge is -2.52. The highest BCUT2D eigenvalue weighted by atomic mass is 16.6. The zero-order chi connectivity index (χ0) is 22.5. The van der Waals surface area contributed by atoms with E-state index in [1.165, 1.54) is 5.57 Å². The van der Waals surface area contributed by atoms with E-state index < -0.39 is 6.10 Å². The summed E-state index contributed by atoms with van der Waals surface area (Å²) in [6.45, 7) is 8.67. The summed E-state index contributed by atoms with van der Waals surface area (Å²) in [4.78, 5) is 17.6. The van der Waals surface area contributed by atoms with Crippen molar-refractivity contribution in [2.24, 2.45) is 23.2 Å². The van der Waals surface area contributed by atoms with Crippen molar-refractivity contribution in [1.29, 1.82) is 0 Å². The number of hydrogen-bond acceptors (Lipinski definition) is 6. The van der Waals surface area contributed by atoms with Gasteiger partial charge in [-0.3, -0.25) is 9.69 Å². The monoisotopic (exact) mass is 440 g/mol. The smallest absolute Gasteiger partial charge is 0.311 e. The minimum atomic E-state index is -0.533. The fourth-order valence-corrected chi connectivity index (χ4v) is 6.61. The van der Waals surface area contributed by atoms with Crippen LogP contribution in [0.4, 0.5) is 5.69 Å². The Labute approximate surface area is 191 Å². The number of carbonyl (C=O) groups is 1. The quantitative estimate of drug-likeness (QED) is 0.574. The van der Waals surface area contributed by atoms with Crippen LogP contribution < -0.4 is 9.64 Å². The Hall–Kier alpha value is -2.05. The Balaban J connectivity index is 1.28. The van der Waals surface area contributed by atoms with Gasteiger partial charge in [0.1, 0.15) is 11.9 Å². The van der Waals surface area contributed by atoms with Crippen LogP contribution in [-0.4, -0.2) is 68.0 Å². The van der Waals surface area contributed by atoms with E-state index in [1.54, 1.807) is 7.11 Å². The number of ether oxygens (including phenoxy) is 2. The highest BCUT2D eigenvalue weighted by molar-refractivity contribution is 5.76. The molecular formula is C26H36N2O4. The van der Waals surface area contributed by atoms with Gasteiger partial charge in [0.05, 0.1) is 24.8 Å². The number of anilines is 1. The minimum Gasteiger partial charge on any atom is -0.495 e. The number of carbonyl (C=O) groups excluding carboxylic acids is 1. The summed E-state index contributed by atoms with van der Waals surface area (Å²) >= 11 is 0. The largest absolute Gasteiger partial charge is 0.495 e. The van der Waals surface area contributed by atoms with Gasteiger partial charge in [-0.05, 0) is 30.9 Å². The number of esters is 1. The molecule has 5 rings (SSSR count). The standard InChI is InChI=1S/C26H36N2O4/c1-17-7-6-8-18-15-22-23(24(29)26(17,18)2)19(25(30)32-22)16-27-11-13-28(14-12-27)20-9-4-5-10-21(20)31-3/h4-5,8-10,17,19,22-24,29H,6-7,11-16H2,1-3H3/t17-,19+,22-,23+,24+,26-/m1/s1. The van der Waals surface area contributed by atoms with E-state index in [0.29, 0.717) is 12.5 Å². The molecule has 2 aliphatic carbocycles. The molecule has 6 atom stereocenters. The van der Waals surface area contributed by atoms with Gasteiger partial charge in [0.15, 0.2) is 0 Å². The third-order valence-electron chi connectivity index (χ3n) is 8.82. The van der Waals surface area contributed by atoms with Crippen molar-refractivity contribution in [2.45, 2.75) is 45.3 Å². The Morgan fingerprint density at radius 2 is 1.97 bits per heavy atom. The minimum absolute atomic E-state index is 0.113. The number of allylic oxidation sites excluding steroid dienone is 1. The number of piperazine rings is 1. The van der Waals surface area contributed by atoms with Gasteiger partial charge in [0.25, 0.3) is 0 Å². The molecule has 6 nitrogen and oxygen atoms in total. The van der Waals surface area contributed by atoms with Gasteiger partial charge in [-0.2, -0.15) is 0 Å².